The van der Waals surface area contributed by atoms with Crippen molar-refractivity contribution in [1.29, 1.82) is 0 Å². The van der Waals surface area contributed by atoms with Crippen LogP contribution in [-0.4, -0.2) is 32.8 Å². The lowest BCUT2D eigenvalue weighted by Crippen LogP contribution is -2.33. The molecule has 1 saturated heterocycles. The summed E-state index contributed by atoms with van der Waals surface area (Å²) in [6, 6.07) is 4.76. The van der Waals surface area contributed by atoms with Gasteiger partial charge in [-0.3, -0.25) is 4.40 Å². The Morgan fingerprint density at radius 2 is 1.93 bits per heavy atom. The van der Waals surface area contributed by atoms with Gasteiger partial charge in [-0.1, -0.05) is 11.6 Å². The number of phenolic OH excluding ortho intramolecular Hbond substituents is 1. The average molecular weight is 415 g/mol. The summed E-state index contributed by atoms with van der Waals surface area (Å²) in [5.41, 5.74) is 3.37. The Morgan fingerprint density at radius 1 is 1.17 bits per heavy atom. The lowest BCUT2D eigenvalue weighted by molar-refractivity contribution is 0.434. The molecule has 2 fully saturated rings. The summed E-state index contributed by atoms with van der Waals surface area (Å²) in [7, 11) is 0. The van der Waals surface area contributed by atoms with Gasteiger partial charge in [-0.25, -0.2) is 4.39 Å². The van der Waals surface area contributed by atoms with Crippen LogP contribution in [0.25, 0.3) is 5.65 Å². The van der Waals surface area contributed by atoms with Gasteiger partial charge >= 0.3 is 0 Å². The summed E-state index contributed by atoms with van der Waals surface area (Å²) in [5.74, 6) is 1.61. The molecule has 1 saturated carbocycles. The number of aromatic nitrogens is 3. The maximum absolute atomic E-state index is 13.5. The first-order valence-electron chi connectivity index (χ1n) is 10.3. The van der Waals surface area contributed by atoms with Gasteiger partial charge < -0.3 is 10.0 Å². The van der Waals surface area contributed by atoms with Gasteiger partial charge in [-0.05, 0) is 62.1 Å². The molecule has 1 aliphatic heterocycles. The Morgan fingerprint density at radius 3 is 2.62 bits per heavy atom. The van der Waals surface area contributed by atoms with Crippen molar-refractivity contribution >= 4 is 22.9 Å². The Labute approximate surface area is 174 Å². The number of aryl methyl sites for hydroxylation is 1. The number of piperidine rings is 1. The highest BCUT2D eigenvalue weighted by Crippen LogP contribution is 2.39. The Bertz CT molecular complexity index is 1050. The third kappa shape index (κ3) is 3.44. The molecule has 0 amide bonds. The molecule has 1 aromatic carbocycles. The molecule has 2 aliphatic rings. The molecule has 3 heterocycles. The molecule has 152 valence electrons. The fourth-order valence-corrected chi connectivity index (χ4v) is 4.91. The topological polar surface area (TPSA) is 53.7 Å². The molecule has 5 rings (SSSR count). The van der Waals surface area contributed by atoms with Crippen LogP contribution in [0.4, 0.5) is 10.1 Å². The second kappa shape index (κ2) is 7.17. The summed E-state index contributed by atoms with van der Waals surface area (Å²) < 4.78 is 15.5. The van der Waals surface area contributed by atoms with Gasteiger partial charge in [0.15, 0.2) is 5.65 Å². The maximum Gasteiger partial charge on any atom is 0.181 e. The standard InChI is InChI=1S/C22H24ClFN4O/c1-13-10-16(24)12-18(29)20(13)15-4-7-27(8-5-15)17-6-9-28-19(11-14-2-3-14)25-26-22(28)21(17)23/h6,9-10,12,14-15,29H,2-5,7-8,11H2,1H3. The summed E-state index contributed by atoms with van der Waals surface area (Å²) in [6.07, 6.45) is 7.29. The zero-order valence-electron chi connectivity index (χ0n) is 16.4. The molecule has 7 heteroatoms. The Balaban J connectivity index is 1.35. The highest BCUT2D eigenvalue weighted by Gasteiger charge is 2.28. The van der Waals surface area contributed by atoms with Crippen molar-refractivity contribution in [3.8, 4) is 5.75 Å². The zero-order valence-corrected chi connectivity index (χ0v) is 17.2. The molecule has 0 radical (unpaired) electrons. The quantitative estimate of drug-likeness (QED) is 0.661. The van der Waals surface area contributed by atoms with Gasteiger partial charge in [-0.2, -0.15) is 0 Å². The SMILES string of the molecule is Cc1cc(F)cc(O)c1C1CCN(c2ccn3c(CC4CC4)nnc3c2Cl)CC1. The van der Waals surface area contributed by atoms with E-state index < -0.39 is 5.82 Å². The molecule has 5 nitrogen and oxygen atoms in total. The Kier molecular flexibility index (Phi) is 4.62. The molecule has 1 N–H and O–H groups in total. The predicted molar refractivity (Wildman–Crippen MR) is 111 cm³/mol. The van der Waals surface area contributed by atoms with Gasteiger partial charge in [0.25, 0.3) is 0 Å². The minimum Gasteiger partial charge on any atom is -0.508 e. The van der Waals surface area contributed by atoms with Crippen molar-refractivity contribution in [3.05, 3.63) is 52.2 Å². The van der Waals surface area contributed by atoms with Gasteiger partial charge in [0.1, 0.15) is 22.4 Å². The van der Waals surface area contributed by atoms with Crippen molar-refractivity contribution < 1.29 is 9.50 Å². The minimum absolute atomic E-state index is 0.0621. The van der Waals surface area contributed by atoms with Crippen LogP contribution < -0.4 is 4.90 Å². The molecule has 3 aromatic rings. The van der Waals surface area contributed by atoms with Gasteiger partial charge in [0, 0.05) is 37.3 Å². The number of anilines is 1. The van der Waals surface area contributed by atoms with Crippen LogP contribution in [-0.2, 0) is 6.42 Å². The number of nitrogens with zero attached hydrogens (tertiary/aromatic N) is 4. The number of pyridine rings is 1. The molecule has 0 spiro atoms. The first-order chi connectivity index (χ1) is 14.0. The van der Waals surface area contributed by atoms with Crippen molar-refractivity contribution in [2.24, 2.45) is 5.92 Å². The molecule has 0 atom stereocenters. The Hall–Kier alpha value is -2.34. The van der Waals surface area contributed by atoms with Crippen LogP contribution in [0, 0.1) is 18.7 Å². The van der Waals surface area contributed by atoms with Crippen LogP contribution >= 0.6 is 11.6 Å². The van der Waals surface area contributed by atoms with E-state index in [4.69, 9.17) is 11.6 Å². The van der Waals surface area contributed by atoms with E-state index in [1.807, 2.05) is 17.5 Å². The zero-order chi connectivity index (χ0) is 20.1. The van der Waals surface area contributed by atoms with Gasteiger partial charge in [-0.15, -0.1) is 10.2 Å². The van der Waals surface area contributed by atoms with Crippen molar-refractivity contribution in [2.75, 3.05) is 18.0 Å². The first-order valence-corrected chi connectivity index (χ1v) is 10.6. The van der Waals surface area contributed by atoms with Crippen molar-refractivity contribution in [2.45, 2.75) is 44.9 Å². The van der Waals surface area contributed by atoms with E-state index in [-0.39, 0.29) is 11.7 Å². The lowest BCUT2D eigenvalue weighted by Gasteiger charge is -2.35. The van der Waals surface area contributed by atoms with Crippen molar-refractivity contribution in [3.63, 3.8) is 0 Å². The number of benzene rings is 1. The first kappa shape index (κ1) is 18.7. The van der Waals surface area contributed by atoms with E-state index >= 15 is 0 Å². The summed E-state index contributed by atoms with van der Waals surface area (Å²) >= 11 is 6.72. The normalized spacial score (nSPS) is 18.0. The molecule has 0 unspecified atom stereocenters. The second-order valence-corrected chi connectivity index (χ2v) is 8.77. The van der Waals surface area contributed by atoms with E-state index in [1.54, 1.807) is 0 Å². The van der Waals surface area contributed by atoms with Crippen LogP contribution in [0.2, 0.25) is 5.02 Å². The van der Waals surface area contributed by atoms with Gasteiger partial charge in [0.2, 0.25) is 0 Å². The molecule has 1 aliphatic carbocycles. The van der Waals surface area contributed by atoms with E-state index in [0.29, 0.717) is 10.7 Å². The molecular weight excluding hydrogens is 391 g/mol. The summed E-state index contributed by atoms with van der Waals surface area (Å²) in [6.45, 7) is 3.50. The molecular formula is C22H24ClFN4O. The number of hydrogen-bond donors (Lipinski definition) is 1. The fraction of sp³-hybridized carbons (Fsp3) is 0.455. The predicted octanol–water partition coefficient (Wildman–Crippen LogP) is 4.87. The van der Waals surface area contributed by atoms with E-state index in [2.05, 4.69) is 21.2 Å². The summed E-state index contributed by atoms with van der Waals surface area (Å²) in [4.78, 5) is 2.27. The molecule has 0 bridgehead atoms. The fourth-order valence-electron chi connectivity index (χ4n) is 4.60. The van der Waals surface area contributed by atoms with Crippen LogP contribution in [0.1, 0.15) is 48.6 Å². The number of halogens is 2. The van der Waals surface area contributed by atoms with Crippen LogP contribution in [0.3, 0.4) is 0 Å². The second-order valence-electron chi connectivity index (χ2n) is 8.39. The molecule has 29 heavy (non-hydrogen) atoms. The monoisotopic (exact) mass is 414 g/mol. The third-order valence-electron chi connectivity index (χ3n) is 6.31. The highest BCUT2D eigenvalue weighted by molar-refractivity contribution is 6.36. The number of rotatable bonds is 4. The molecule has 2 aromatic heterocycles. The number of fused-ring (bicyclic) bond motifs is 1. The summed E-state index contributed by atoms with van der Waals surface area (Å²) in [5, 5.41) is 19.6. The van der Waals surface area contributed by atoms with Crippen LogP contribution in [0.15, 0.2) is 24.4 Å². The van der Waals surface area contributed by atoms with Gasteiger partial charge in [0.05, 0.1) is 5.69 Å². The van der Waals surface area contributed by atoms with Crippen LogP contribution in [0.5, 0.6) is 5.75 Å². The maximum atomic E-state index is 13.5. The minimum atomic E-state index is -0.393. The van der Waals surface area contributed by atoms with E-state index in [0.717, 1.165) is 60.9 Å². The largest absolute Gasteiger partial charge is 0.508 e. The number of aromatic hydroxyl groups is 1. The number of phenols is 1. The highest BCUT2D eigenvalue weighted by atomic mass is 35.5. The smallest absolute Gasteiger partial charge is 0.181 e. The van der Waals surface area contributed by atoms with Crippen molar-refractivity contribution in [1.82, 2.24) is 14.6 Å². The van der Waals surface area contributed by atoms with E-state index in [1.165, 1.54) is 25.0 Å². The third-order valence-corrected chi connectivity index (χ3v) is 6.67. The van der Waals surface area contributed by atoms with E-state index in [9.17, 15) is 9.50 Å². The number of hydrogen-bond acceptors (Lipinski definition) is 4. The lowest BCUT2D eigenvalue weighted by atomic mass is 9.86. The average Bonchev–Trinajstić information content (AvgIpc) is 3.41.